The average molecular weight is 330 g/mol. The highest BCUT2D eigenvalue weighted by Gasteiger charge is 2.38. The number of nitrogens with zero attached hydrogens (tertiary/aromatic N) is 1. The van der Waals surface area contributed by atoms with Crippen molar-refractivity contribution in [2.45, 2.75) is 76.9 Å². The summed E-state index contributed by atoms with van der Waals surface area (Å²) in [5, 5.41) is 9.72. The minimum absolute atomic E-state index is 0.249. The molecule has 1 unspecified atom stereocenters. The van der Waals surface area contributed by atoms with E-state index in [-0.39, 0.29) is 5.04 Å². The van der Waals surface area contributed by atoms with Crippen molar-refractivity contribution in [1.82, 2.24) is 0 Å². The van der Waals surface area contributed by atoms with Gasteiger partial charge in [-0.05, 0) is 61.5 Å². The van der Waals surface area contributed by atoms with Crippen LogP contribution in [-0.2, 0) is 16.3 Å². The molecule has 0 N–H and O–H groups in total. The molecule has 0 saturated carbocycles. The van der Waals surface area contributed by atoms with Crippen molar-refractivity contribution < 1.29 is 4.43 Å². The van der Waals surface area contributed by atoms with Crippen LogP contribution in [0.2, 0.25) is 18.1 Å². The Bertz CT molecular complexity index is 620. The first-order valence-corrected chi connectivity index (χ1v) is 11.6. The number of nitriles is 1. The highest BCUT2D eigenvalue weighted by molar-refractivity contribution is 6.74. The van der Waals surface area contributed by atoms with Gasteiger partial charge in [-0.1, -0.05) is 39.0 Å². The fourth-order valence-electron chi connectivity index (χ4n) is 3.08. The second-order valence-electron chi connectivity index (χ2n) is 8.92. The fraction of sp³-hybridized carbons (Fsp3) is 0.650. The lowest BCUT2D eigenvalue weighted by atomic mass is 9.82. The van der Waals surface area contributed by atoms with E-state index in [1.807, 2.05) is 13.8 Å². The average Bonchev–Trinajstić information content (AvgIpc) is 2.87. The maximum absolute atomic E-state index is 9.48. The van der Waals surface area contributed by atoms with Gasteiger partial charge < -0.3 is 4.43 Å². The molecule has 23 heavy (non-hydrogen) atoms. The summed E-state index contributed by atoms with van der Waals surface area (Å²) in [7, 11) is -1.70. The first-order chi connectivity index (χ1) is 10.5. The van der Waals surface area contributed by atoms with Crippen LogP contribution in [0.4, 0.5) is 0 Å². The van der Waals surface area contributed by atoms with Crippen LogP contribution in [0.1, 0.15) is 63.6 Å². The topological polar surface area (TPSA) is 33.0 Å². The monoisotopic (exact) mass is 329 g/mol. The van der Waals surface area contributed by atoms with Crippen molar-refractivity contribution in [3.63, 3.8) is 0 Å². The molecule has 2 nitrogen and oxygen atoms in total. The van der Waals surface area contributed by atoms with Gasteiger partial charge in [-0.2, -0.15) is 5.26 Å². The second-order valence-corrected chi connectivity index (χ2v) is 13.7. The molecule has 0 aromatic heterocycles. The Hall–Kier alpha value is -1.11. The van der Waals surface area contributed by atoms with Crippen LogP contribution in [0.15, 0.2) is 18.2 Å². The van der Waals surface area contributed by atoms with Gasteiger partial charge in [0, 0.05) is 12.5 Å². The molecule has 1 aromatic carbocycles. The van der Waals surface area contributed by atoms with Gasteiger partial charge >= 0.3 is 0 Å². The Morgan fingerprint density at radius 2 is 1.87 bits per heavy atom. The lowest BCUT2D eigenvalue weighted by molar-refractivity contribution is 0.262. The van der Waals surface area contributed by atoms with E-state index in [4.69, 9.17) is 4.43 Å². The molecular formula is C20H31NOSi. The van der Waals surface area contributed by atoms with E-state index < -0.39 is 13.7 Å². The molecule has 0 amide bonds. The number of rotatable bonds is 4. The molecule has 2 rings (SSSR count). The van der Waals surface area contributed by atoms with Crippen LogP contribution in [0, 0.1) is 11.3 Å². The lowest BCUT2D eigenvalue weighted by Gasteiger charge is -2.37. The molecule has 1 aliphatic rings. The largest absolute Gasteiger partial charge is 0.416 e. The quantitative estimate of drug-likeness (QED) is 0.679. The van der Waals surface area contributed by atoms with Gasteiger partial charge in [-0.15, -0.1) is 0 Å². The smallest absolute Gasteiger partial charge is 0.192 e. The first-order valence-electron chi connectivity index (χ1n) is 8.67. The third kappa shape index (κ3) is 3.54. The van der Waals surface area contributed by atoms with Gasteiger partial charge in [0.15, 0.2) is 8.32 Å². The van der Waals surface area contributed by atoms with Crippen molar-refractivity contribution in [1.29, 1.82) is 5.26 Å². The maximum atomic E-state index is 9.48. The van der Waals surface area contributed by atoms with E-state index >= 15 is 0 Å². The summed E-state index contributed by atoms with van der Waals surface area (Å²) in [6.45, 7) is 16.3. The molecule has 0 aliphatic heterocycles. The molecule has 0 spiro atoms. The molecule has 126 valence electrons. The summed E-state index contributed by atoms with van der Waals surface area (Å²) in [6, 6.07) is 8.92. The van der Waals surface area contributed by atoms with E-state index in [0.29, 0.717) is 5.92 Å². The summed E-state index contributed by atoms with van der Waals surface area (Å²) >= 11 is 0. The van der Waals surface area contributed by atoms with Crippen LogP contribution >= 0.6 is 0 Å². The number of fused-ring (bicyclic) bond motifs is 1. The van der Waals surface area contributed by atoms with E-state index in [2.05, 4.69) is 58.1 Å². The van der Waals surface area contributed by atoms with Gasteiger partial charge in [-0.3, -0.25) is 0 Å². The summed E-state index contributed by atoms with van der Waals surface area (Å²) in [5.41, 5.74) is 3.58. The molecule has 0 fully saturated rings. The van der Waals surface area contributed by atoms with Crippen molar-refractivity contribution in [3.8, 4) is 6.07 Å². The minimum Gasteiger partial charge on any atom is -0.416 e. The van der Waals surface area contributed by atoms with Gasteiger partial charge in [0.05, 0.1) is 11.5 Å². The molecule has 1 aliphatic carbocycles. The number of hydrogen-bond acceptors (Lipinski definition) is 2. The minimum atomic E-state index is -1.70. The molecule has 1 aromatic rings. The molecular weight excluding hydrogens is 298 g/mol. The SMILES string of the molecule is CC(C)(C#N)c1cccc2c1CCC2CO[Si](C)(C)C(C)(C)C. The molecule has 1 atom stereocenters. The zero-order valence-electron chi connectivity index (χ0n) is 15.8. The predicted molar refractivity (Wildman–Crippen MR) is 99.3 cm³/mol. The van der Waals surface area contributed by atoms with Gasteiger partial charge in [0.1, 0.15) is 0 Å². The molecule has 0 radical (unpaired) electrons. The first kappa shape index (κ1) is 18.2. The Labute approximate surface area is 143 Å². The van der Waals surface area contributed by atoms with Crippen molar-refractivity contribution in [2.24, 2.45) is 0 Å². The van der Waals surface area contributed by atoms with Crippen LogP contribution in [0.5, 0.6) is 0 Å². The third-order valence-corrected chi connectivity index (χ3v) is 10.3. The molecule has 0 heterocycles. The van der Waals surface area contributed by atoms with Gasteiger partial charge in [-0.25, -0.2) is 0 Å². The summed E-state index contributed by atoms with van der Waals surface area (Å²) < 4.78 is 6.46. The Morgan fingerprint density at radius 1 is 1.22 bits per heavy atom. The van der Waals surface area contributed by atoms with Crippen LogP contribution in [-0.4, -0.2) is 14.9 Å². The number of hydrogen-bond donors (Lipinski definition) is 0. The van der Waals surface area contributed by atoms with Crippen LogP contribution in [0.3, 0.4) is 0 Å². The summed E-state index contributed by atoms with van der Waals surface area (Å²) in [5.74, 6) is 0.480. The predicted octanol–water partition coefficient (Wildman–Crippen LogP) is 5.54. The summed E-state index contributed by atoms with van der Waals surface area (Å²) in [4.78, 5) is 0. The Kier molecular flexibility index (Phi) is 4.81. The van der Waals surface area contributed by atoms with Gasteiger partial charge in [0.2, 0.25) is 0 Å². The highest BCUT2D eigenvalue weighted by atomic mass is 28.4. The van der Waals surface area contributed by atoms with Crippen molar-refractivity contribution >= 4 is 8.32 Å². The lowest BCUT2D eigenvalue weighted by Crippen LogP contribution is -2.41. The van der Waals surface area contributed by atoms with Crippen molar-refractivity contribution in [3.05, 3.63) is 34.9 Å². The van der Waals surface area contributed by atoms with Gasteiger partial charge in [0.25, 0.3) is 0 Å². The van der Waals surface area contributed by atoms with Crippen LogP contribution < -0.4 is 0 Å². The molecule has 0 bridgehead atoms. The van der Waals surface area contributed by atoms with E-state index in [1.165, 1.54) is 16.7 Å². The standard InChI is InChI=1S/C20H31NOSi/c1-19(2,3)23(6,7)22-13-15-11-12-17-16(15)9-8-10-18(17)20(4,5)14-21/h8-10,15H,11-13H2,1-7H3. The Balaban J connectivity index is 2.21. The molecule has 0 saturated heterocycles. The zero-order valence-corrected chi connectivity index (χ0v) is 16.8. The summed E-state index contributed by atoms with van der Waals surface area (Å²) in [6.07, 6.45) is 2.21. The van der Waals surface area contributed by atoms with Crippen molar-refractivity contribution in [2.75, 3.05) is 6.61 Å². The highest BCUT2D eigenvalue weighted by Crippen LogP contribution is 2.41. The normalized spacial score (nSPS) is 18.6. The third-order valence-electron chi connectivity index (χ3n) is 5.80. The van der Waals surface area contributed by atoms with E-state index in [0.717, 1.165) is 19.4 Å². The molecule has 3 heteroatoms. The van der Waals surface area contributed by atoms with E-state index in [1.54, 1.807) is 0 Å². The maximum Gasteiger partial charge on any atom is 0.192 e. The Morgan fingerprint density at radius 3 is 2.43 bits per heavy atom. The second kappa shape index (κ2) is 6.07. The van der Waals surface area contributed by atoms with Crippen LogP contribution in [0.25, 0.3) is 0 Å². The zero-order chi connectivity index (χ0) is 17.5. The number of benzene rings is 1. The fourth-order valence-corrected chi connectivity index (χ4v) is 4.14. The van der Waals surface area contributed by atoms with E-state index in [9.17, 15) is 5.26 Å².